The summed E-state index contributed by atoms with van der Waals surface area (Å²) >= 11 is 0. The second-order valence-electron chi connectivity index (χ2n) is 8.54. The Morgan fingerprint density at radius 3 is 2.83 bits per heavy atom. The fourth-order valence-electron chi connectivity index (χ4n) is 4.49. The predicted molar refractivity (Wildman–Crippen MR) is 113 cm³/mol. The molecule has 3 heterocycles. The van der Waals surface area contributed by atoms with Crippen LogP contribution < -0.4 is 5.56 Å². The van der Waals surface area contributed by atoms with Crippen molar-refractivity contribution in [3.8, 4) is 0 Å². The van der Waals surface area contributed by atoms with Crippen molar-refractivity contribution in [3.63, 3.8) is 0 Å². The summed E-state index contributed by atoms with van der Waals surface area (Å²) in [5.41, 5.74) is 3.83. The molecule has 1 aromatic carbocycles. The first-order chi connectivity index (χ1) is 13.9. The topological polar surface area (TPSA) is 69.3 Å². The molecular formula is C23H30N4O2. The van der Waals surface area contributed by atoms with E-state index in [0.717, 1.165) is 54.7 Å². The van der Waals surface area contributed by atoms with Gasteiger partial charge in [0.1, 0.15) is 5.82 Å². The maximum absolute atomic E-state index is 13.0. The van der Waals surface area contributed by atoms with Gasteiger partial charge in [0.05, 0.1) is 23.7 Å². The van der Waals surface area contributed by atoms with Gasteiger partial charge >= 0.3 is 0 Å². The maximum atomic E-state index is 13.0. The van der Waals surface area contributed by atoms with Gasteiger partial charge < -0.3 is 9.88 Å². The van der Waals surface area contributed by atoms with Gasteiger partial charge in [-0.1, -0.05) is 24.3 Å². The summed E-state index contributed by atoms with van der Waals surface area (Å²) in [6.07, 6.45) is 2.96. The van der Waals surface area contributed by atoms with Crippen molar-refractivity contribution in [2.45, 2.75) is 65.1 Å². The standard InChI is InChI=1S/C23H30N4O2/c1-15(2)26-12-10-19-18(14-26)23(29)25-22(24-19)20-9-6-11-27(20)21(28)13-17-8-5-4-7-16(17)3/h4-5,7-8,15,20H,6,9-14H2,1-3H3,(H,24,25,29). The van der Waals surface area contributed by atoms with Crippen LogP contribution in [-0.2, 0) is 24.2 Å². The van der Waals surface area contributed by atoms with E-state index in [2.05, 4.69) is 23.7 Å². The first-order valence-electron chi connectivity index (χ1n) is 10.6. The second kappa shape index (κ2) is 8.11. The van der Waals surface area contributed by atoms with E-state index in [1.54, 1.807) is 0 Å². The number of hydrogen-bond donors (Lipinski definition) is 1. The van der Waals surface area contributed by atoms with Crippen molar-refractivity contribution in [1.82, 2.24) is 19.8 Å². The Balaban J connectivity index is 1.56. The highest BCUT2D eigenvalue weighted by Crippen LogP contribution is 2.31. The first-order valence-corrected chi connectivity index (χ1v) is 10.6. The van der Waals surface area contributed by atoms with E-state index in [0.29, 0.717) is 24.8 Å². The Morgan fingerprint density at radius 2 is 2.07 bits per heavy atom. The lowest BCUT2D eigenvalue weighted by atomic mass is 10.0. The van der Waals surface area contributed by atoms with Gasteiger partial charge in [-0.25, -0.2) is 4.98 Å². The molecule has 0 saturated carbocycles. The molecule has 0 radical (unpaired) electrons. The van der Waals surface area contributed by atoms with Crippen LogP contribution in [0.1, 0.15) is 60.9 Å². The highest BCUT2D eigenvalue weighted by Gasteiger charge is 2.33. The normalized spacial score (nSPS) is 19.6. The molecule has 6 heteroatoms. The first kappa shape index (κ1) is 19.8. The number of aromatic nitrogens is 2. The summed E-state index contributed by atoms with van der Waals surface area (Å²) in [6, 6.07) is 8.29. The number of aromatic amines is 1. The third-order valence-corrected chi connectivity index (χ3v) is 6.34. The van der Waals surface area contributed by atoms with Gasteiger partial charge in [0.15, 0.2) is 0 Å². The predicted octanol–water partition coefficient (Wildman–Crippen LogP) is 2.75. The number of fused-ring (bicyclic) bond motifs is 1. The highest BCUT2D eigenvalue weighted by atomic mass is 16.2. The number of likely N-dealkylation sites (tertiary alicyclic amines) is 1. The number of carbonyl (C=O) groups excluding carboxylic acids is 1. The van der Waals surface area contributed by atoms with Crippen molar-refractivity contribution < 1.29 is 4.79 Å². The number of rotatable bonds is 4. The number of H-pyrrole nitrogens is 1. The lowest BCUT2D eigenvalue weighted by Gasteiger charge is -2.31. The van der Waals surface area contributed by atoms with Crippen molar-refractivity contribution >= 4 is 5.91 Å². The lowest BCUT2D eigenvalue weighted by Crippen LogP contribution is -2.40. The second-order valence-corrected chi connectivity index (χ2v) is 8.54. The van der Waals surface area contributed by atoms with Crippen LogP contribution in [0.15, 0.2) is 29.1 Å². The number of benzene rings is 1. The van der Waals surface area contributed by atoms with E-state index in [4.69, 9.17) is 4.98 Å². The molecule has 1 saturated heterocycles. The zero-order chi connectivity index (χ0) is 20.5. The fraction of sp³-hybridized carbons (Fsp3) is 0.522. The van der Waals surface area contributed by atoms with Crippen molar-refractivity contribution in [2.24, 2.45) is 0 Å². The maximum Gasteiger partial charge on any atom is 0.255 e. The molecular weight excluding hydrogens is 364 g/mol. The smallest absolute Gasteiger partial charge is 0.255 e. The number of amides is 1. The minimum Gasteiger partial charge on any atom is -0.332 e. The molecule has 154 valence electrons. The minimum atomic E-state index is -0.132. The summed E-state index contributed by atoms with van der Waals surface area (Å²) in [5, 5.41) is 0. The number of nitrogens with one attached hydrogen (secondary N) is 1. The Hall–Kier alpha value is -2.47. The zero-order valence-electron chi connectivity index (χ0n) is 17.6. The summed E-state index contributed by atoms with van der Waals surface area (Å²) < 4.78 is 0. The van der Waals surface area contributed by atoms with E-state index >= 15 is 0 Å². The van der Waals surface area contributed by atoms with Crippen LogP contribution in [-0.4, -0.2) is 44.8 Å². The van der Waals surface area contributed by atoms with Crippen LogP contribution in [0.3, 0.4) is 0 Å². The molecule has 0 aliphatic carbocycles. The van der Waals surface area contributed by atoms with Gasteiger partial charge in [0.25, 0.3) is 5.56 Å². The van der Waals surface area contributed by atoms with Crippen molar-refractivity contribution in [1.29, 1.82) is 0 Å². The molecule has 1 aromatic heterocycles. The number of carbonyl (C=O) groups is 1. The summed E-state index contributed by atoms with van der Waals surface area (Å²) in [5.74, 6) is 0.760. The summed E-state index contributed by atoms with van der Waals surface area (Å²) in [6.45, 7) is 8.62. The van der Waals surface area contributed by atoms with E-state index < -0.39 is 0 Å². The Morgan fingerprint density at radius 1 is 1.28 bits per heavy atom. The number of hydrogen-bond acceptors (Lipinski definition) is 4. The summed E-state index contributed by atoms with van der Waals surface area (Å²) in [7, 11) is 0. The molecule has 1 N–H and O–H groups in total. The third-order valence-electron chi connectivity index (χ3n) is 6.34. The third kappa shape index (κ3) is 3.99. The summed E-state index contributed by atoms with van der Waals surface area (Å²) in [4.78, 5) is 37.9. The van der Waals surface area contributed by atoms with Gasteiger partial charge in [-0.05, 0) is 44.7 Å². The molecule has 4 rings (SSSR count). The van der Waals surface area contributed by atoms with Crippen LogP contribution in [0.5, 0.6) is 0 Å². The molecule has 29 heavy (non-hydrogen) atoms. The number of nitrogens with zero attached hydrogens (tertiary/aromatic N) is 3. The Bertz CT molecular complexity index is 966. The van der Waals surface area contributed by atoms with E-state index in [1.165, 1.54) is 0 Å². The number of aryl methyl sites for hydroxylation is 1. The van der Waals surface area contributed by atoms with Gasteiger partial charge in [0, 0.05) is 32.1 Å². The highest BCUT2D eigenvalue weighted by molar-refractivity contribution is 5.79. The van der Waals surface area contributed by atoms with Crippen molar-refractivity contribution in [2.75, 3.05) is 13.1 Å². The van der Waals surface area contributed by atoms with Crippen LogP contribution in [0.4, 0.5) is 0 Å². The van der Waals surface area contributed by atoms with Gasteiger partial charge in [-0.3, -0.25) is 14.5 Å². The molecule has 2 aliphatic heterocycles. The van der Waals surface area contributed by atoms with E-state index in [1.807, 2.05) is 36.1 Å². The van der Waals surface area contributed by atoms with Gasteiger partial charge in [0.2, 0.25) is 5.91 Å². The molecule has 1 atom stereocenters. The molecule has 0 spiro atoms. The minimum absolute atomic E-state index is 0.0476. The van der Waals surface area contributed by atoms with Crippen LogP contribution in [0.2, 0.25) is 0 Å². The average Bonchev–Trinajstić information content (AvgIpc) is 3.19. The Kier molecular flexibility index (Phi) is 5.54. The molecule has 6 nitrogen and oxygen atoms in total. The van der Waals surface area contributed by atoms with Crippen molar-refractivity contribution in [3.05, 3.63) is 62.8 Å². The van der Waals surface area contributed by atoms with Gasteiger partial charge in [-0.15, -0.1) is 0 Å². The van der Waals surface area contributed by atoms with Crippen LogP contribution in [0, 0.1) is 6.92 Å². The average molecular weight is 395 g/mol. The lowest BCUT2D eigenvalue weighted by molar-refractivity contribution is -0.131. The van der Waals surface area contributed by atoms with Crippen LogP contribution in [0.25, 0.3) is 0 Å². The fourth-order valence-corrected chi connectivity index (χ4v) is 4.49. The molecule has 2 aliphatic rings. The molecule has 1 amide bonds. The largest absolute Gasteiger partial charge is 0.332 e. The monoisotopic (exact) mass is 394 g/mol. The quantitative estimate of drug-likeness (QED) is 0.866. The van der Waals surface area contributed by atoms with Gasteiger partial charge in [-0.2, -0.15) is 0 Å². The molecule has 1 unspecified atom stereocenters. The SMILES string of the molecule is Cc1ccccc1CC(=O)N1CCCC1c1nc2c(c(=O)[nH]1)CN(C(C)C)CC2. The van der Waals surface area contributed by atoms with E-state index in [-0.39, 0.29) is 17.5 Å². The zero-order valence-corrected chi connectivity index (χ0v) is 17.6. The molecule has 2 aromatic rings. The van der Waals surface area contributed by atoms with Crippen LogP contribution >= 0.6 is 0 Å². The Labute approximate surface area is 172 Å². The van der Waals surface area contributed by atoms with E-state index in [9.17, 15) is 9.59 Å². The molecule has 1 fully saturated rings. The molecule has 0 bridgehead atoms.